The minimum absolute atomic E-state index is 0.0133. The Morgan fingerprint density at radius 3 is 2.54 bits per heavy atom. The first kappa shape index (κ1) is 21.6. The average Bonchev–Trinajstić information content (AvgIpc) is 2.65. The number of ether oxygens (including phenoxy) is 1. The van der Waals surface area contributed by atoms with Crippen LogP contribution in [0.2, 0.25) is 0 Å². The van der Waals surface area contributed by atoms with E-state index in [2.05, 4.69) is 5.32 Å². The van der Waals surface area contributed by atoms with Gasteiger partial charge in [-0.25, -0.2) is 9.18 Å². The maximum absolute atomic E-state index is 13.3. The summed E-state index contributed by atoms with van der Waals surface area (Å²) in [6, 6.07) is 5.72. The summed E-state index contributed by atoms with van der Waals surface area (Å²) in [4.78, 5) is 38.9. The predicted octanol–water partition coefficient (Wildman–Crippen LogP) is 2.90. The molecule has 0 unspecified atom stereocenters. The molecule has 2 amide bonds. The summed E-state index contributed by atoms with van der Waals surface area (Å²) in [7, 11) is 0. The van der Waals surface area contributed by atoms with E-state index in [1.165, 1.54) is 17.0 Å². The summed E-state index contributed by atoms with van der Waals surface area (Å²) in [6.07, 6.45) is 1.82. The molecule has 1 heterocycles. The number of unbranched alkanes of at least 4 members (excludes halogenated alkanes) is 1. The fourth-order valence-corrected chi connectivity index (χ4v) is 3.26. The minimum atomic E-state index is -0.536. The summed E-state index contributed by atoms with van der Waals surface area (Å²) in [5, 5.41) is 2.78. The Labute approximate surface area is 164 Å². The highest BCUT2D eigenvalue weighted by atomic mass is 19.1. The van der Waals surface area contributed by atoms with Gasteiger partial charge in [0.25, 0.3) is 0 Å². The molecular formula is C21H27FN2O4. The number of carbonyl (C=O) groups excluding carboxylic acids is 3. The first-order valence-electron chi connectivity index (χ1n) is 9.59. The van der Waals surface area contributed by atoms with Gasteiger partial charge in [0.05, 0.1) is 12.2 Å². The molecule has 0 saturated carbocycles. The zero-order chi connectivity index (χ0) is 20.7. The third-order valence-electron chi connectivity index (χ3n) is 4.74. The third kappa shape index (κ3) is 5.18. The predicted molar refractivity (Wildman–Crippen MR) is 103 cm³/mol. The summed E-state index contributed by atoms with van der Waals surface area (Å²) < 4.78 is 18.5. The summed E-state index contributed by atoms with van der Waals surface area (Å²) in [6.45, 7) is 5.95. The second-order valence-corrected chi connectivity index (χ2v) is 6.71. The number of halogens is 1. The monoisotopic (exact) mass is 390 g/mol. The Morgan fingerprint density at radius 2 is 1.93 bits per heavy atom. The minimum Gasteiger partial charge on any atom is -0.463 e. The molecule has 0 aromatic heterocycles. The molecule has 7 heteroatoms. The van der Waals surface area contributed by atoms with Crippen LogP contribution in [0.25, 0.3) is 0 Å². The van der Waals surface area contributed by atoms with Crippen LogP contribution in [0.3, 0.4) is 0 Å². The molecule has 2 rings (SSSR count). The first-order valence-corrected chi connectivity index (χ1v) is 9.59. The Kier molecular flexibility index (Phi) is 7.72. The molecule has 152 valence electrons. The Balaban J connectivity index is 2.33. The van der Waals surface area contributed by atoms with Crippen molar-refractivity contribution in [1.82, 2.24) is 10.2 Å². The molecule has 28 heavy (non-hydrogen) atoms. The molecule has 1 aromatic rings. The fraction of sp³-hybridized carbons (Fsp3) is 0.476. The molecule has 0 aliphatic carbocycles. The quantitative estimate of drug-likeness (QED) is 0.547. The van der Waals surface area contributed by atoms with E-state index in [0.717, 1.165) is 12.8 Å². The van der Waals surface area contributed by atoms with Crippen molar-refractivity contribution in [2.75, 3.05) is 19.7 Å². The number of rotatable bonds is 8. The lowest BCUT2D eigenvalue weighted by Gasteiger charge is -2.34. The van der Waals surface area contributed by atoms with Gasteiger partial charge >= 0.3 is 5.97 Å². The van der Waals surface area contributed by atoms with Crippen molar-refractivity contribution in [1.29, 1.82) is 0 Å². The van der Waals surface area contributed by atoms with Gasteiger partial charge in [0.2, 0.25) is 11.8 Å². The normalized spacial score (nSPS) is 16.9. The Hall–Kier alpha value is -2.70. The largest absolute Gasteiger partial charge is 0.463 e. The lowest BCUT2D eigenvalue weighted by molar-refractivity contribution is -0.141. The van der Waals surface area contributed by atoms with Gasteiger partial charge in [-0.2, -0.15) is 0 Å². The zero-order valence-electron chi connectivity index (χ0n) is 16.6. The zero-order valence-corrected chi connectivity index (χ0v) is 16.6. The summed E-state index contributed by atoms with van der Waals surface area (Å²) in [5.74, 6) is -1.99. The number of nitrogens with zero attached hydrogens (tertiary/aromatic N) is 1. The molecule has 0 bridgehead atoms. The van der Waals surface area contributed by atoms with E-state index >= 15 is 0 Å². The van der Waals surface area contributed by atoms with Crippen molar-refractivity contribution in [3.05, 3.63) is 46.9 Å². The van der Waals surface area contributed by atoms with E-state index in [9.17, 15) is 18.8 Å². The van der Waals surface area contributed by atoms with E-state index in [4.69, 9.17) is 4.74 Å². The Bertz CT molecular complexity index is 758. The highest BCUT2D eigenvalue weighted by Gasteiger charge is 2.37. The number of benzene rings is 1. The standard InChI is InChI=1S/C21H27FN2O4/c1-4-6-11-23-18(25)13-24-14(3)20(21(27)28-5-2)17(12-19(24)26)15-7-9-16(22)10-8-15/h7-10,17H,4-6,11-13H2,1-3H3,(H,23,25)/t17-/m0/s1. The van der Waals surface area contributed by atoms with Crippen LogP contribution < -0.4 is 5.32 Å². The number of allylic oxidation sites excluding steroid dienone is 1. The molecule has 0 saturated heterocycles. The van der Waals surface area contributed by atoms with E-state index in [1.807, 2.05) is 6.92 Å². The summed E-state index contributed by atoms with van der Waals surface area (Å²) in [5.41, 5.74) is 1.38. The van der Waals surface area contributed by atoms with Crippen molar-refractivity contribution in [3.8, 4) is 0 Å². The van der Waals surface area contributed by atoms with Gasteiger partial charge in [0, 0.05) is 24.6 Å². The molecule has 0 radical (unpaired) electrons. The maximum Gasteiger partial charge on any atom is 0.336 e. The molecule has 0 fully saturated rings. The SMILES string of the molecule is CCCCNC(=O)CN1C(=O)C[C@@H](c2ccc(F)cc2)C(C(=O)OCC)=C1C. The maximum atomic E-state index is 13.3. The highest BCUT2D eigenvalue weighted by Crippen LogP contribution is 2.37. The topological polar surface area (TPSA) is 75.7 Å². The molecule has 1 aliphatic heterocycles. The van der Waals surface area contributed by atoms with Crippen LogP contribution in [-0.4, -0.2) is 42.4 Å². The van der Waals surface area contributed by atoms with E-state index in [0.29, 0.717) is 23.4 Å². The van der Waals surface area contributed by atoms with E-state index < -0.39 is 17.7 Å². The smallest absolute Gasteiger partial charge is 0.336 e. The number of nitrogens with one attached hydrogen (secondary N) is 1. The summed E-state index contributed by atoms with van der Waals surface area (Å²) >= 11 is 0. The van der Waals surface area contributed by atoms with Crippen LogP contribution in [0.1, 0.15) is 51.5 Å². The van der Waals surface area contributed by atoms with Gasteiger partial charge in [-0.05, 0) is 38.0 Å². The van der Waals surface area contributed by atoms with Crippen LogP contribution in [0, 0.1) is 5.82 Å². The molecule has 1 atom stereocenters. The number of amides is 2. The lowest BCUT2D eigenvalue weighted by atomic mass is 9.83. The average molecular weight is 390 g/mol. The molecule has 0 spiro atoms. The highest BCUT2D eigenvalue weighted by molar-refractivity contribution is 5.97. The van der Waals surface area contributed by atoms with Gasteiger partial charge in [-0.15, -0.1) is 0 Å². The molecular weight excluding hydrogens is 363 g/mol. The molecule has 1 N–H and O–H groups in total. The second kappa shape index (κ2) is 10.0. The molecule has 1 aliphatic rings. The number of carbonyl (C=O) groups is 3. The number of hydrogen-bond donors (Lipinski definition) is 1. The van der Waals surface area contributed by atoms with Crippen molar-refractivity contribution in [3.63, 3.8) is 0 Å². The van der Waals surface area contributed by atoms with Gasteiger partial charge in [-0.3, -0.25) is 9.59 Å². The van der Waals surface area contributed by atoms with Crippen LogP contribution in [0.15, 0.2) is 35.5 Å². The first-order chi connectivity index (χ1) is 13.4. The molecule has 1 aromatic carbocycles. The van der Waals surface area contributed by atoms with Crippen LogP contribution >= 0.6 is 0 Å². The van der Waals surface area contributed by atoms with Gasteiger partial charge < -0.3 is 15.0 Å². The second-order valence-electron chi connectivity index (χ2n) is 6.71. The van der Waals surface area contributed by atoms with Gasteiger partial charge in [-0.1, -0.05) is 25.5 Å². The van der Waals surface area contributed by atoms with Crippen LogP contribution in [0.4, 0.5) is 4.39 Å². The van der Waals surface area contributed by atoms with Crippen LogP contribution in [-0.2, 0) is 19.1 Å². The van der Waals surface area contributed by atoms with Crippen molar-refractivity contribution < 1.29 is 23.5 Å². The van der Waals surface area contributed by atoms with Crippen LogP contribution in [0.5, 0.6) is 0 Å². The Morgan fingerprint density at radius 1 is 1.25 bits per heavy atom. The number of esters is 1. The number of hydrogen-bond acceptors (Lipinski definition) is 4. The third-order valence-corrected chi connectivity index (χ3v) is 4.74. The fourth-order valence-electron chi connectivity index (χ4n) is 3.26. The van der Waals surface area contributed by atoms with Gasteiger partial charge in [0.15, 0.2) is 0 Å². The van der Waals surface area contributed by atoms with Gasteiger partial charge in [0.1, 0.15) is 12.4 Å². The molecule has 6 nitrogen and oxygen atoms in total. The van der Waals surface area contributed by atoms with E-state index in [-0.39, 0.29) is 31.4 Å². The van der Waals surface area contributed by atoms with Crippen molar-refractivity contribution >= 4 is 17.8 Å². The van der Waals surface area contributed by atoms with Crippen molar-refractivity contribution in [2.24, 2.45) is 0 Å². The lowest BCUT2D eigenvalue weighted by Crippen LogP contribution is -2.44. The van der Waals surface area contributed by atoms with Crippen molar-refractivity contribution in [2.45, 2.75) is 46.0 Å². The van der Waals surface area contributed by atoms with E-state index in [1.54, 1.807) is 26.0 Å².